The maximum atomic E-state index is 12.9. The Hall–Kier alpha value is -1.96. The van der Waals surface area contributed by atoms with E-state index in [-0.39, 0.29) is 23.5 Å². The first-order valence-electron chi connectivity index (χ1n) is 7.32. The highest BCUT2D eigenvalue weighted by molar-refractivity contribution is 7.91. The molecule has 0 aliphatic carbocycles. The second-order valence-electron chi connectivity index (χ2n) is 5.51. The van der Waals surface area contributed by atoms with Gasteiger partial charge in [0.2, 0.25) is 0 Å². The summed E-state index contributed by atoms with van der Waals surface area (Å²) in [5.41, 5.74) is 1.10. The Labute approximate surface area is 128 Å². The summed E-state index contributed by atoms with van der Waals surface area (Å²) in [4.78, 5) is 14.5. The van der Waals surface area contributed by atoms with Gasteiger partial charge >= 0.3 is 0 Å². The van der Waals surface area contributed by atoms with Crippen LogP contribution in [0.4, 0.5) is 0 Å². The van der Waals surface area contributed by atoms with Crippen LogP contribution in [0.15, 0.2) is 24.5 Å². The largest absolute Gasteiger partial charge is 0.335 e. The fourth-order valence-corrected chi connectivity index (χ4v) is 4.60. The molecule has 0 radical (unpaired) electrons. The molecule has 1 atom stereocenters. The SMILES string of the molecule is CCCN(C(=O)c1cnn2ncccc12)C1CCS(=O)(=O)C1. The normalized spacial score (nSPS) is 20.3. The number of hydrogen-bond donors (Lipinski definition) is 0. The zero-order valence-corrected chi connectivity index (χ0v) is 13.2. The number of sulfone groups is 1. The topological polar surface area (TPSA) is 84.6 Å². The van der Waals surface area contributed by atoms with Crippen molar-refractivity contribution in [1.82, 2.24) is 19.7 Å². The molecule has 22 heavy (non-hydrogen) atoms. The summed E-state index contributed by atoms with van der Waals surface area (Å²) < 4.78 is 24.8. The number of nitrogens with zero attached hydrogens (tertiary/aromatic N) is 4. The number of hydrogen-bond acceptors (Lipinski definition) is 5. The van der Waals surface area contributed by atoms with E-state index in [0.717, 1.165) is 6.42 Å². The van der Waals surface area contributed by atoms with E-state index in [0.29, 0.717) is 24.0 Å². The number of carbonyl (C=O) groups excluding carboxylic acids is 1. The lowest BCUT2D eigenvalue weighted by Gasteiger charge is -2.27. The Morgan fingerprint density at radius 2 is 2.27 bits per heavy atom. The van der Waals surface area contributed by atoms with E-state index >= 15 is 0 Å². The Morgan fingerprint density at radius 1 is 1.45 bits per heavy atom. The fourth-order valence-electron chi connectivity index (χ4n) is 2.86. The summed E-state index contributed by atoms with van der Waals surface area (Å²) in [6.45, 7) is 2.51. The highest BCUT2D eigenvalue weighted by Crippen LogP contribution is 2.21. The number of carbonyl (C=O) groups is 1. The summed E-state index contributed by atoms with van der Waals surface area (Å²) in [6.07, 6.45) is 4.38. The van der Waals surface area contributed by atoms with Crippen LogP contribution in [-0.4, -0.2) is 58.1 Å². The summed E-state index contributed by atoms with van der Waals surface area (Å²) in [7, 11) is -3.03. The van der Waals surface area contributed by atoms with Gasteiger partial charge in [0.25, 0.3) is 5.91 Å². The molecule has 0 saturated carbocycles. The van der Waals surface area contributed by atoms with Gasteiger partial charge in [-0.25, -0.2) is 8.42 Å². The van der Waals surface area contributed by atoms with Crippen LogP contribution in [0.25, 0.3) is 5.52 Å². The molecule has 1 aliphatic rings. The van der Waals surface area contributed by atoms with E-state index in [1.54, 1.807) is 23.2 Å². The second-order valence-corrected chi connectivity index (χ2v) is 7.74. The van der Waals surface area contributed by atoms with Gasteiger partial charge in [0, 0.05) is 18.8 Å². The molecule has 1 saturated heterocycles. The van der Waals surface area contributed by atoms with Crippen molar-refractivity contribution < 1.29 is 13.2 Å². The minimum atomic E-state index is -3.03. The van der Waals surface area contributed by atoms with Crippen LogP contribution in [0.2, 0.25) is 0 Å². The van der Waals surface area contributed by atoms with Crippen molar-refractivity contribution in [3.8, 4) is 0 Å². The van der Waals surface area contributed by atoms with Crippen LogP contribution in [0.5, 0.6) is 0 Å². The standard InChI is InChI=1S/C14H18N4O3S/c1-2-7-17(11-5-8-22(20,21)10-11)14(19)12-9-16-18-13(12)4-3-6-15-18/h3-4,6,9,11H,2,5,7-8,10H2,1H3. The molecule has 1 aliphatic heterocycles. The molecule has 0 N–H and O–H groups in total. The van der Waals surface area contributed by atoms with Crippen molar-refractivity contribution in [1.29, 1.82) is 0 Å². The lowest BCUT2D eigenvalue weighted by atomic mass is 10.1. The molecule has 0 spiro atoms. The Balaban J connectivity index is 1.93. The molecule has 1 fully saturated rings. The minimum Gasteiger partial charge on any atom is -0.335 e. The Morgan fingerprint density at radius 3 is 2.95 bits per heavy atom. The van der Waals surface area contributed by atoms with Gasteiger partial charge in [-0.1, -0.05) is 6.92 Å². The first-order chi connectivity index (χ1) is 10.5. The second kappa shape index (κ2) is 5.68. The summed E-state index contributed by atoms with van der Waals surface area (Å²) in [6, 6.07) is 3.28. The number of rotatable bonds is 4. The quantitative estimate of drug-likeness (QED) is 0.830. The number of fused-ring (bicyclic) bond motifs is 1. The van der Waals surface area contributed by atoms with Crippen LogP contribution in [0.1, 0.15) is 30.1 Å². The van der Waals surface area contributed by atoms with Crippen LogP contribution < -0.4 is 0 Å². The van der Waals surface area contributed by atoms with Crippen LogP contribution in [-0.2, 0) is 9.84 Å². The van der Waals surface area contributed by atoms with Gasteiger partial charge in [0.1, 0.15) is 5.52 Å². The minimum absolute atomic E-state index is 0.0518. The lowest BCUT2D eigenvalue weighted by Crippen LogP contribution is -2.41. The molecule has 118 valence electrons. The molecule has 1 amide bonds. The van der Waals surface area contributed by atoms with Crippen LogP contribution in [0, 0.1) is 0 Å². The van der Waals surface area contributed by atoms with Gasteiger partial charge in [-0.05, 0) is 25.0 Å². The van der Waals surface area contributed by atoms with Crippen molar-refractivity contribution in [2.75, 3.05) is 18.1 Å². The average molecular weight is 322 g/mol. The van der Waals surface area contributed by atoms with Crippen LogP contribution in [0.3, 0.4) is 0 Å². The summed E-state index contributed by atoms with van der Waals surface area (Å²) in [5, 5.41) is 8.13. The molecular formula is C14H18N4O3S. The number of aromatic nitrogens is 3. The van der Waals surface area contributed by atoms with E-state index in [1.807, 2.05) is 6.92 Å². The molecule has 7 nitrogen and oxygen atoms in total. The van der Waals surface area contributed by atoms with Crippen molar-refractivity contribution in [2.24, 2.45) is 0 Å². The number of amides is 1. The van der Waals surface area contributed by atoms with E-state index < -0.39 is 9.84 Å². The summed E-state index contributed by atoms with van der Waals surface area (Å²) in [5.74, 6) is 0.0319. The fraction of sp³-hybridized carbons (Fsp3) is 0.500. The van der Waals surface area contributed by atoms with Gasteiger partial charge in [-0.2, -0.15) is 14.8 Å². The van der Waals surface area contributed by atoms with E-state index in [2.05, 4.69) is 10.2 Å². The highest BCUT2D eigenvalue weighted by Gasteiger charge is 2.35. The van der Waals surface area contributed by atoms with Crippen molar-refractivity contribution >= 4 is 21.3 Å². The van der Waals surface area contributed by atoms with Crippen LogP contribution >= 0.6 is 0 Å². The smallest absolute Gasteiger partial charge is 0.258 e. The Bertz CT molecular complexity index is 799. The maximum Gasteiger partial charge on any atom is 0.258 e. The van der Waals surface area contributed by atoms with Crippen molar-refractivity contribution in [3.05, 3.63) is 30.1 Å². The first kappa shape index (κ1) is 15.0. The first-order valence-corrected chi connectivity index (χ1v) is 9.14. The molecular weight excluding hydrogens is 304 g/mol. The molecule has 3 heterocycles. The van der Waals surface area contributed by atoms with E-state index in [1.165, 1.54) is 10.8 Å². The van der Waals surface area contributed by atoms with Gasteiger partial charge in [-0.15, -0.1) is 0 Å². The van der Waals surface area contributed by atoms with Gasteiger partial charge in [0.05, 0.1) is 23.3 Å². The molecule has 2 aromatic rings. The molecule has 0 bridgehead atoms. The third-order valence-corrected chi connectivity index (χ3v) is 5.66. The Kier molecular flexibility index (Phi) is 3.86. The zero-order chi connectivity index (χ0) is 15.7. The average Bonchev–Trinajstić information content (AvgIpc) is 3.07. The van der Waals surface area contributed by atoms with Crippen molar-refractivity contribution in [3.63, 3.8) is 0 Å². The highest BCUT2D eigenvalue weighted by atomic mass is 32.2. The lowest BCUT2D eigenvalue weighted by molar-refractivity contribution is 0.0699. The zero-order valence-electron chi connectivity index (χ0n) is 12.3. The third kappa shape index (κ3) is 2.70. The van der Waals surface area contributed by atoms with Gasteiger partial charge < -0.3 is 4.90 Å². The van der Waals surface area contributed by atoms with E-state index in [9.17, 15) is 13.2 Å². The monoisotopic (exact) mass is 322 g/mol. The molecule has 0 aromatic carbocycles. The van der Waals surface area contributed by atoms with E-state index in [4.69, 9.17) is 0 Å². The predicted molar refractivity (Wildman–Crippen MR) is 81.4 cm³/mol. The molecule has 1 unspecified atom stereocenters. The maximum absolute atomic E-state index is 12.9. The molecule has 2 aromatic heterocycles. The third-order valence-electron chi connectivity index (χ3n) is 3.91. The summed E-state index contributed by atoms with van der Waals surface area (Å²) >= 11 is 0. The molecule has 3 rings (SSSR count). The van der Waals surface area contributed by atoms with Crippen molar-refractivity contribution in [2.45, 2.75) is 25.8 Å². The van der Waals surface area contributed by atoms with Gasteiger partial charge in [0.15, 0.2) is 9.84 Å². The predicted octanol–water partition coefficient (Wildman–Crippen LogP) is 0.769. The molecule has 8 heteroatoms. The van der Waals surface area contributed by atoms with Gasteiger partial charge in [-0.3, -0.25) is 4.79 Å².